The number of hydrogen-bond acceptors (Lipinski definition) is 6. The lowest BCUT2D eigenvalue weighted by molar-refractivity contribution is -0.583. The molecule has 1 aliphatic heterocycles. The predicted molar refractivity (Wildman–Crippen MR) is 94.3 cm³/mol. The molecule has 3 aromatic heterocycles. The molecule has 0 radical (unpaired) electrons. The molecule has 1 aromatic carbocycles. The van der Waals surface area contributed by atoms with Crippen molar-refractivity contribution in [2.24, 2.45) is 0 Å². The smallest absolute Gasteiger partial charge is 0.244 e. The Labute approximate surface area is 151 Å². The van der Waals surface area contributed by atoms with Crippen molar-refractivity contribution in [3.05, 3.63) is 47.1 Å². The van der Waals surface area contributed by atoms with Gasteiger partial charge in [0, 0.05) is 24.7 Å². The second kappa shape index (κ2) is 5.66. The number of aryl methyl sites for hydroxylation is 1. The summed E-state index contributed by atoms with van der Waals surface area (Å²) in [4.78, 5) is 8.92. The number of halogens is 1. The molecule has 1 atom stereocenters. The molecular formula is C17H14FN5O2S. The Morgan fingerprint density at radius 1 is 1.42 bits per heavy atom. The Kier molecular flexibility index (Phi) is 3.39. The summed E-state index contributed by atoms with van der Waals surface area (Å²) in [6, 6.07) is 4.11. The van der Waals surface area contributed by atoms with Crippen LogP contribution in [0.5, 0.6) is 0 Å². The maximum Gasteiger partial charge on any atom is 0.244 e. The molecule has 0 saturated carbocycles. The average Bonchev–Trinajstić information content (AvgIpc) is 3.38. The van der Waals surface area contributed by atoms with E-state index in [0.717, 1.165) is 17.9 Å². The fourth-order valence-corrected chi connectivity index (χ4v) is 4.62. The molecule has 26 heavy (non-hydrogen) atoms. The lowest BCUT2D eigenvalue weighted by Gasteiger charge is -2.08. The lowest BCUT2D eigenvalue weighted by atomic mass is 10.1. The first-order valence-electron chi connectivity index (χ1n) is 8.23. The van der Waals surface area contributed by atoms with E-state index in [1.807, 2.05) is 11.8 Å². The Morgan fingerprint density at radius 3 is 3.12 bits per heavy atom. The predicted octanol–water partition coefficient (Wildman–Crippen LogP) is 2.84. The average molecular weight is 371 g/mol. The molecule has 4 heterocycles. The van der Waals surface area contributed by atoms with Crippen LogP contribution in [0.3, 0.4) is 0 Å². The zero-order valence-electron chi connectivity index (χ0n) is 13.8. The number of aromatic nitrogens is 5. The van der Waals surface area contributed by atoms with Gasteiger partial charge in [0.2, 0.25) is 22.9 Å². The number of hydrogen-bond donors (Lipinski definition) is 0. The molecule has 9 heteroatoms. The van der Waals surface area contributed by atoms with Crippen LogP contribution in [-0.4, -0.2) is 31.0 Å². The minimum atomic E-state index is -0.460. The number of thioether (sulfide) groups is 1. The summed E-state index contributed by atoms with van der Waals surface area (Å²) in [6.07, 6.45) is 2.62. The first-order chi connectivity index (χ1) is 12.6. The summed E-state index contributed by atoms with van der Waals surface area (Å²) in [5.41, 5.74) is 2.29. The molecule has 0 bridgehead atoms. The first-order valence-corrected chi connectivity index (χ1v) is 9.39. The van der Waals surface area contributed by atoms with Crippen LogP contribution in [0.4, 0.5) is 4.39 Å². The third kappa shape index (κ3) is 2.20. The molecule has 0 N–H and O–H groups in total. The van der Waals surface area contributed by atoms with E-state index in [1.54, 1.807) is 23.7 Å². The number of imidazole rings is 1. The molecular weight excluding hydrogens is 357 g/mol. The van der Waals surface area contributed by atoms with E-state index < -0.39 is 5.82 Å². The van der Waals surface area contributed by atoms with Gasteiger partial charge in [0.1, 0.15) is 28.9 Å². The minimum absolute atomic E-state index is 0.246. The minimum Gasteiger partial charge on any atom is -0.618 e. The van der Waals surface area contributed by atoms with Crippen molar-refractivity contribution in [2.75, 3.05) is 11.5 Å². The first kappa shape index (κ1) is 15.6. The fraction of sp³-hybridized carbons (Fsp3) is 0.294. The van der Waals surface area contributed by atoms with Gasteiger partial charge in [-0.2, -0.15) is 21.5 Å². The van der Waals surface area contributed by atoms with Crippen LogP contribution < -0.4 is 4.73 Å². The standard InChI is InChI=1S/C17H14FN5O2S/c1-9-15-14(16-20-17(25-21-16)10-4-5-26-7-10)19-8-22(15)12-3-2-11(18)6-13(12)23(9)24/h2-3,6,8,10H,4-5,7H2,1H3. The topological polar surface area (TPSA) is 83.2 Å². The quantitative estimate of drug-likeness (QED) is 0.398. The molecule has 4 aromatic rings. The van der Waals surface area contributed by atoms with E-state index in [4.69, 9.17) is 4.52 Å². The van der Waals surface area contributed by atoms with E-state index in [-0.39, 0.29) is 11.4 Å². The molecule has 132 valence electrons. The zero-order valence-corrected chi connectivity index (χ0v) is 14.7. The van der Waals surface area contributed by atoms with Gasteiger partial charge in [-0.25, -0.2) is 9.37 Å². The van der Waals surface area contributed by atoms with E-state index in [1.165, 1.54) is 12.1 Å². The summed E-state index contributed by atoms with van der Waals surface area (Å²) in [7, 11) is 0. The molecule has 1 unspecified atom stereocenters. The van der Waals surface area contributed by atoms with Gasteiger partial charge in [-0.15, -0.1) is 0 Å². The highest BCUT2D eigenvalue weighted by molar-refractivity contribution is 7.99. The number of nitrogens with zero attached hydrogens (tertiary/aromatic N) is 5. The Balaban J connectivity index is 1.72. The summed E-state index contributed by atoms with van der Waals surface area (Å²) >= 11 is 1.87. The normalized spacial score (nSPS) is 17.5. The maximum atomic E-state index is 13.6. The van der Waals surface area contributed by atoms with Crippen LogP contribution in [0.2, 0.25) is 0 Å². The molecule has 7 nitrogen and oxygen atoms in total. The highest BCUT2D eigenvalue weighted by Gasteiger charge is 2.27. The van der Waals surface area contributed by atoms with Crippen LogP contribution in [-0.2, 0) is 0 Å². The highest BCUT2D eigenvalue weighted by Crippen LogP contribution is 2.33. The van der Waals surface area contributed by atoms with Gasteiger partial charge >= 0.3 is 0 Å². The van der Waals surface area contributed by atoms with Crippen molar-refractivity contribution >= 4 is 28.3 Å². The number of fused-ring (bicyclic) bond motifs is 3. The van der Waals surface area contributed by atoms with Crippen LogP contribution >= 0.6 is 11.8 Å². The summed E-state index contributed by atoms with van der Waals surface area (Å²) in [5.74, 6) is 2.85. The summed E-state index contributed by atoms with van der Waals surface area (Å²) in [5, 5.41) is 16.7. The highest BCUT2D eigenvalue weighted by atomic mass is 32.2. The van der Waals surface area contributed by atoms with Crippen LogP contribution in [0.25, 0.3) is 28.1 Å². The molecule has 0 spiro atoms. The Bertz CT molecular complexity index is 1150. The second-order valence-electron chi connectivity index (χ2n) is 6.34. The second-order valence-corrected chi connectivity index (χ2v) is 7.49. The van der Waals surface area contributed by atoms with E-state index in [9.17, 15) is 9.60 Å². The van der Waals surface area contributed by atoms with Crippen LogP contribution in [0, 0.1) is 17.9 Å². The third-order valence-electron chi connectivity index (χ3n) is 4.76. The molecule has 1 saturated heterocycles. The van der Waals surface area contributed by atoms with Gasteiger partial charge in [0.05, 0.1) is 0 Å². The van der Waals surface area contributed by atoms with Crippen molar-refractivity contribution in [2.45, 2.75) is 19.3 Å². The largest absolute Gasteiger partial charge is 0.618 e. The molecule has 0 aliphatic carbocycles. The van der Waals surface area contributed by atoms with Gasteiger partial charge in [-0.3, -0.25) is 4.40 Å². The van der Waals surface area contributed by atoms with Crippen molar-refractivity contribution in [1.29, 1.82) is 0 Å². The Hall–Kier alpha value is -2.68. The SMILES string of the molecule is Cc1c2c(-c3noc(C4CCSC4)n3)ncn2c2ccc(F)cc2[n+]1[O-]. The van der Waals surface area contributed by atoms with Gasteiger partial charge < -0.3 is 9.73 Å². The zero-order chi connectivity index (χ0) is 17.8. The van der Waals surface area contributed by atoms with Crippen molar-refractivity contribution < 1.29 is 13.6 Å². The van der Waals surface area contributed by atoms with Crippen molar-refractivity contribution in [3.63, 3.8) is 0 Å². The van der Waals surface area contributed by atoms with E-state index in [0.29, 0.717) is 38.9 Å². The summed E-state index contributed by atoms with van der Waals surface area (Å²) in [6.45, 7) is 1.67. The molecule has 0 amide bonds. The molecule has 1 aliphatic rings. The Morgan fingerprint density at radius 2 is 2.31 bits per heavy atom. The van der Waals surface area contributed by atoms with E-state index in [2.05, 4.69) is 15.1 Å². The number of benzene rings is 1. The van der Waals surface area contributed by atoms with Crippen LogP contribution in [0.1, 0.15) is 23.9 Å². The third-order valence-corrected chi connectivity index (χ3v) is 5.93. The van der Waals surface area contributed by atoms with Crippen LogP contribution in [0.15, 0.2) is 29.0 Å². The monoisotopic (exact) mass is 371 g/mol. The van der Waals surface area contributed by atoms with E-state index >= 15 is 0 Å². The van der Waals surface area contributed by atoms with Crippen molar-refractivity contribution in [3.8, 4) is 11.5 Å². The van der Waals surface area contributed by atoms with Gasteiger partial charge in [0.15, 0.2) is 0 Å². The fourth-order valence-electron chi connectivity index (χ4n) is 3.41. The van der Waals surface area contributed by atoms with Gasteiger partial charge in [-0.05, 0) is 24.3 Å². The van der Waals surface area contributed by atoms with Gasteiger partial charge in [-0.1, -0.05) is 5.16 Å². The lowest BCUT2D eigenvalue weighted by Crippen LogP contribution is -2.32. The number of rotatable bonds is 2. The molecule has 1 fully saturated rings. The molecule has 5 rings (SSSR count). The maximum absolute atomic E-state index is 13.6. The van der Waals surface area contributed by atoms with Gasteiger partial charge in [0.25, 0.3) is 0 Å². The van der Waals surface area contributed by atoms with Crippen molar-refractivity contribution in [1.82, 2.24) is 19.5 Å². The summed E-state index contributed by atoms with van der Waals surface area (Å²) < 4.78 is 21.5.